The van der Waals surface area contributed by atoms with Gasteiger partial charge in [-0.3, -0.25) is 4.99 Å². The molecule has 2 fully saturated rings. The summed E-state index contributed by atoms with van der Waals surface area (Å²) >= 11 is 0. The first kappa shape index (κ1) is 19.0. The van der Waals surface area contributed by atoms with Gasteiger partial charge in [0, 0.05) is 38.4 Å². The van der Waals surface area contributed by atoms with Gasteiger partial charge in [0.25, 0.3) is 0 Å². The van der Waals surface area contributed by atoms with Gasteiger partial charge in [0.1, 0.15) is 6.10 Å². The van der Waals surface area contributed by atoms with Crippen molar-refractivity contribution in [2.45, 2.75) is 57.6 Å². The van der Waals surface area contributed by atoms with Gasteiger partial charge in [-0.05, 0) is 57.7 Å². The van der Waals surface area contributed by atoms with E-state index in [-0.39, 0.29) is 0 Å². The summed E-state index contributed by atoms with van der Waals surface area (Å²) in [5, 5.41) is 6.80. The predicted octanol–water partition coefficient (Wildman–Crippen LogP) is 2.55. The molecule has 1 aromatic rings. The Hall–Kier alpha value is -1.82. The Labute approximate surface area is 157 Å². The molecule has 0 spiro atoms. The number of hydrogen-bond donors (Lipinski definition) is 2. The maximum absolute atomic E-state index is 6.11. The summed E-state index contributed by atoms with van der Waals surface area (Å²) in [6, 6.07) is 4.04. The lowest BCUT2D eigenvalue weighted by Gasteiger charge is -2.26. The van der Waals surface area contributed by atoms with Crippen LogP contribution in [0.25, 0.3) is 0 Å². The minimum atomic E-state index is 0.325. The first-order valence-corrected chi connectivity index (χ1v) is 10.1. The van der Waals surface area contributed by atoms with E-state index in [1.165, 1.54) is 45.2 Å². The summed E-state index contributed by atoms with van der Waals surface area (Å²) < 4.78 is 6.11. The topological polar surface area (TPSA) is 61.8 Å². The van der Waals surface area contributed by atoms with Gasteiger partial charge in [0.2, 0.25) is 5.88 Å². The number of aromatic nitrogens is 1. The van der Waals surface area contributed by atoms with Crippen LogP contribution in [0.15, 0.2) is 23.3 Å². The third-order valence-corrected chi connectivity index (χ3v) is 5.27. The molecule has 0 aromatic carbocycles. The molecule has 144 valence electrons. The fourth-order valence-electron chi connectivity index (χ4n) is 3.74. The lowest BCUT2D eigenvalue weighted by molar-refractivity contribution is 0.199. The number of nitrogens with one attached hydrogen (secondary N) is 2. The highest BCUT2D eigenvalue weighted by atomic mass is 16.5. The third kappa shape index (κ3) is 5.87. The van der Waals surface area contributed by atoms with Gasteiger partial charge in [-0.1, -0.05) is 12.5 Å². The molecule has 0 radical (unpaired) electrons. The van der Waals surface area contributed by atoms with Crippen LogP contribution in [0, 0.1) is 0 Å². The molecule has 1 aliphatic carbocycles. The molecule has 2 aliphatic rings. The summed E-state index contributed by atoms with van der Waals surface area (Å²) in [4.78, 5) is 11.3. The number of pyridine rings is 1. The summed E-state index contributed by atoms with van der Waals surface area (Å²) in [6.07, 6.45) is 11.0. The van der Waals surface area contributed by atoms with E-state index in [1.807, 2.05) is 13.1 Å². The Bertz CT molecular complexity index is 565. The number of ether oxygens (including phenoxy) is 1. The Balaban J connectivity index is 1.44. The van der Waals surface area contributed by atoms with Crippen LogP contribution in [0.4, 0.5) is 0 Å². The van der Waals surface area contributed by atoms with Crippen LogP contribution in [-0.4, -0.2) is 55.2 Å². The van der Waals surface area contributed by atoms with Crippen LogP contribution in [0.1, 0.15) is 50.5 Å². The van der Waals surface area contributed by atoms with Crippen molar-refractivity contribution in [2.75, 3.05) is 33.2 Å². The Morgan fingerprint density at radius 1 is 1.19 bits per heavy atom. The Morgan fingerprint density at radius 3 is 2.77 bits per heavy atom. The average Bonchev–Trinajstić information content (AvgIpc) is 3.19. The van der Waals surface area contributed by atoms with Crippen molar-refractivity contribution < 1.29 is 4.74 Å². The Morgan fingerprint density at radius 2 is 2.00 bits per heavy atom. The molecular formula is C20H33N5O. The highest BCUT2D eigenvalue weighted by molar-refractivity contribution is 5.79. The van der Waals surface area contributed by atoms with Crippen LogP contribution in [0.3, 0.4) is 0 Å². The number of guanidine groups is 1. The maximum atomic E-state index is 6.11. The monoisotopic (exact) mass is 359 g/mol. The maximum Gasteiger partial charge on any atom is 0.218 e. The second-order valence-corrected chi connectivity index (χ2v) is 7.25. The van der Waals surface area contributed by atoms with E-state index >= 15 is 0 Å². The zero-order valence-electron chi connectivity index (χ0n) is 16.0. The molecule has 2 heterocycles. The molecule has 0 amide bonds. The first-order chi connectivity index (χ1) is 12.8. The second-order valence-electron chi connectivity index (χ2n) is 7.25. The number of aliphatic imine (C=N–C) groups is 1. The SMILES string of the molecule is CN=C(NCCN1CCCCC1)NCc1cccnc1OC1CCCC1. The van der Waals surface area contributed by atoms with Crippen molar-refractivity contribution in [3.05, 3.63) is 23.9 Å². The molecule has 1 saturated carbocycles. The van der Waals surface area contributed by atoms with Crippen LogP contribution in [-0.2, 0) is 6.54 Å². The molecule has 6 nitrogen and oxygen atoms in total. The van der Waals surface area contributed by atoms with Crippen molar-refractivity contribution in [3.8, 4) is 5.88 Å². The minimum Gasteiger partial charge on any atom is -0.474 e. The molecule has 6 heteroatoms. The van der Waals surface area contributed by atoms with Crippen molar-refractivity contribution >= 4 is 5.96 Å². The first-order valence-electron chi connectivity index (χ1n) is 10.1. The number of rotatable bonds is 7. The van der Waals surface area contributed by atoms with E-state index in [0.717, 1.165) is 43.3 Å². The van der Waals surface area contributed by atoms with E-state index < -0.39 is 0 Å². The number of nitrogens with zero attached hydrogens (tertiary/aromatic N) is 3. The lowest BCUT2D eigenvalue weighted by Crippen LogP contribution is -2.42. The Kier molecular flexibility index (Phi) is 7.55. The molecular weight excluding hydrogens is 326 g/mol. The standard InChI is InChI=1S/C20H33N5O/c1-21-20(23-12-15-25-13-5-2-6-14-25)24-16-17-8-7-11-22-19(17)26-18-9-3-4-10-18/h7-8,11,18H,2-6,9-10,12-16H2,1H3,(H2,21,23,24). The van der Waals surface area contributed by atoms with E-state index in [2.05, 4.69) is 31.6 Å². The van der Waals surface area contributed by atoms with Crippen molar-refractivity contribution in [1.29, 1.82) is 0 Å². The molecule has 26 heavy (non-hydrogen) atoms. The van der Waals surface area contributed by atoms with Gasteiger partial charge >= 0.3 is 0 Å². The number of likely N-dealkylation sites (tertiary alicyclic amines) is 1. The fourth-order valence-corrected chi connectivity index (χ4v) is 3.74. The molecule has 0 bridgehead atoms. The van der Waals surface area contributed by atoms with Crippen LogP contribution in [0.5, 0.6) is 5.88 Å². The van der Waals surface area contributed by atoms with Crippen LogP contribution >= 0.6 is 0 Å². The third-order valence-electron chi connectivity index (χ3n) is 5.27. The summed E-state index contributed by atoms with van der Waals surface area (Å²) in [5.41, 5.74) is 1.08. The molecule has 3 rings (SSSR count). The predicted molar refractivity (Wildman–Crippen MR) is 106 cm³/mol. The van der Waals surface area contributed by atoms with Gasteiger partial charge in [-0.25, -0.2) is 4.98 Å². The van der Waals surface area contributed by atoms with Crippen molar-refractivity contribution in [2.24, 2.45) is 4.99 Å². The van der Waals surface area contributed by atoms with Crippen LogP contribution in [0.2, 0.25) is 0 Å². The fraction of sp³-hybridized carbons (Fsp3) is 0.700. The largest absolute Gasteiger partial charge is 0.474 e. The second kappa shape index (κ2) is 10.4. The molecule has 0 unspecified atom stereocenters. The highest BCUT2D eigenvalue weighted by Gasteiger charge is 2.18. The average molecular weight is 360 g/mol. The normalized spacial score (nSPS) is 19.5. The number of hydrogen-bond acceptors (Lipinski definition) is 4. The summed E-state index contributed by atoms with van der Waals surface area (Å²) in [6.45, 7) is 5.11. The molecule has 1 aromatic heterocycles. The van der Waals surface area contributed by atoms with Crippen LogP contribution < -0.4 is 15.4 Å². The summed E-state index contributed by atoms with van der Waals surface area (Å²) in [5.74, 6) is 1.59. The molecule has 1 aliphatic heterocycles. The zero-order chi connectivity index (χ0) is 18.0. The highest BCUT2D eigenvalue weighted by Crippen LogP contribution is 2.24. The van der Waals surface area contributed by atoms with Crippen molar-refractivity contribution in [1.82, 2.24) is 20.5 Å². The zero-order valence-corrected chi connectivity index (χ0v) is 16.0. The van der Waals surface area contributed by atoms with E-state index in [0.29, 0.717) is 12.6 Å². The van der Waals surface area contributed by atoms with Gasteiger partial charge in [-0.2, -0.15) is 0 Å². The van der Waals surface area contributed by atoms with E-state index in [1.54, 1.807) is 6.20 Å². The van der Waals surface area contributed by atoms with E-state index in [9.17, 15) is 0 Å². The minimum absolute atomic E-state index is 0.325. The lowest BCUT2D eigenvalue weighted by atomic mass is 10.1. The molecule has 2 N–H and O–H groups in total. The van der Waals surface area contributed by atoms with Gasteiger partial charge in [0.15, 0.2) is 5.96 Å². The van der Waals surface area contributed by atoms with Gasteiger partial charge in [-0.15, -0.1) is 0 Å². The van der Waals surface area contributed by atoms with Crippen molar-refractivity contribution in [3.63, 3.8) is 0 Å². The number of piperidine rings is 1. The quantitative estimate of drug-likeness (QED) is 0.579. The summed E-state index contributed by atoms with van der Waals surface area (Å²) in [7, 11) is 1.81. The van der Waals surface area contributed by atoms with Gasteiger partial charge in [0.05, 0.1) is 0 Å². The van der Waals surface area contributed by atoms with Gasteiger partial charge < -0.3 is 20.3 Å². The molecule has 0 atom stereocenters. The van der Waals surface area contributed by atoms with E-state index in [4.69, 9.17) is 4.74 Å². The molecule has 1 saturated heterocycles. The smallest absolute Gasteiger partial charge is 0.218 e.